The molecule has 1 atom stereocenters. The molecule has 0 saturated carbocycles. The molecule has 0 amide bonds. The van der Waals surface area contributed by atoms with Crippen molar-refractivity contribution < 1.29 is 4.39 Å². The zero-order chi connectivity index (χ0) is 14.0. The fourth-order valence-corrected chi connectivity index (χ4v) is 3.21. The molecule has 2 aromatic rings. The van der Waals surface area contributed by atoms with E-state index in [0.29, 0.717) is 12.0 Å². The molecular formula is C13H15ClFN3S. The molecule has 0 aliphatic rings. The molecule has 3 nitrogen and oxygen atoms in total. The Hall–Kier alpha value is -1.01. The summed E-state index contributed by atoms with van der Waals surface area (Å²) in [7, 11) is 0. The Labute approximate surface area is 120 Å². The van der Waals surface area contributed by atoms with Crippen LogP contribution in [0.2, 0.25) is 5.02 Å². The summed E-state index contributed by atoms with van der Waals surface area (Å²) in [6.07, 6.45) is 0.436. The van der Waals surface area contributed by atoms with Crippen LogP contribution in [-0.4, -0.2) is 4.98 Å². The van der Waals surface area contributed by atoms with Crippen LogP contribution in [0.3, 0.4) is 0 Å². The first-order valence-corrected chi connectivity index (χ1v) is 7.05. The Morgan fingerprint density at radius 2 is 2.21 bits per heavy atom. The highest BCUT2D eigenvalue weighted by Gasteiger charge is 2.19. The summed E-state index contributed by atoms with van der Waals surface area (Å²) < 4.78 is 13.9. The van der Waals surface area contributed by atoms with Gasteiger partial charge in [0, 0.05) is 4.88 Å². The number of aromatic nitrogens is 1. The molecule has 102 valence electrons. The highest BCUT2D eigenvalue weighted by atomic mass is 35.5. The standard InChI is InChI=1S/C13H15ClFN3S/c1-7-13(19-8(2)17-7)11(18-16)6-9-4-3-5-10(14)12(9)15/h3-5,11,18H,6,16H2,1-2H3. The summed E-state index contributed by atoms with van der Waals surface area (Å²) in [6, 6.07) is 4.82. The zero-order valence-corrected chi connectivity index (χ0v) is 12.3. The minimum Gasteiger partial charge on any atom is -0.271 e. The number of rotatable bonds is 4. The second-order valence-corrected chi connectivity index (χ2v) is 5.96. The maximum absolute atomic E-state index is 13.9. The highest BCUT2D eigenvalue weighted by Crippen LogP contribution is 2.29. The summed E-state index contributed by atoms with van der Waals surface area (Å²) in [5.74, 6) is 5.21. The predicted octanol–water partition coefficient (Wildman–Crippen LogP) is 3.30. The number of nitrogens with two attached hydrogens (primary N) is 1. The first kappa shape index (κ1) is 14.4. The smallest absolute Gasteiger partial charge is 0.145 e. The lowest BCUT2D eigenvalue weighted by atomic mass is 10.0. The van der Waals surface area contributed by atoms with Crippen molar-refractivity contribution in [1.29, 1.82) is 0 Å². The molecule has 3 N–H and O–H groups in total. The fraction of sp³-hybridized carbons (Fsp3) is 0.308. The largest absolute Gasteiger partial charge is 0.271 e. The number of halogens is 2. The van der Waals surface area contributed by atoms with E-state index < -0.39 is 0 Å². The first-order chi connectivity index (χ1) is 9.02. The van der Waals surface area contributed by atoms with E-state index in [1.165, 1.54) is 6.07 Å². The van der Waals surface area contributed by atoms with Crippen molar-refractivity contribution >= 4 is 22.9 Å². The van der Waals surface area contributed by atoms with Crippen molar-refractivity contribution in [1.82, 2.24) is 10.4 Å². The van der Waals surface area contributed by atoms with Crippen LogP contribution < -0.4 is 11.3 Å². The number of thiazole rings is 1. The quantitative estimate of drug-likeness (QED) is 0.673. The number of benzene rings is 1. The topological polar surface area (TPSA) is 50.9 Å². The van der Waals surface area contributed by atoms with Crippen molar-refractivity contribution in [2.24, 2.45) is 5.84 Å². The Morgan fingerprint density at radius 1 is 1.47 bits per heavy atom. The molecule has 1 unspecified atom stereocenters. The van der Waals surface area contributed by atoms with Gasteiger partial charge in [0.05, 0.1) is 21.8 Å². The number of hydrazine groups is 1. The van der Waals surface area contributed by atoms with Gasteiger partial charge in [-0.25, -0.2) is 9.37 Å². The van der Waals surface area contributed by atoms with E-state index in [1.807, 2.05) is 13.8 Å². The van der Waals surface area contributed by atoms with Gasteiger partial charge in [-0.05, 0) is 31.9 Å². The summed E-state index contributed by atoms with van der Waals surface area (Å²) >= 11 is 7.35. The van der Waals surface area contributed by atoms with E-state index in [2.05, 4.69) is 10.4 Å². The van der Waals surface area contributed by atoms with Crippen molar-refractivity contribution in [3.63, 3.8) is 0 Å². The third kappa shape index (κ3) is 3.12. The molecule has 0 spiro atoms. The molecule has 0 aliphatic heterocycles. The molecule has 0 aliphatic carbocycles. The van der Waals surface area contributed by atoms with E-state index in [4.69, 9.17) is 17.4 Å². The summed E-state index contributed by atoms with van der Waals surface area (Å²) in [6.45, 7) is 3.87. The van der Waals surface area contributed by atoms with Crippen molar-refractivity contribution in [3.05, 3.63) is 50.2 Å². The van der Waals surface area contributed by atoms with Crippen LogP contribution in [0, 0.1) is 19.7 Å². The number of hydrogen-bond donors (Lipinski definition) is 2. The maximum atomic E-state index is 13.9. The van der Waals surface area contributed by atoms with Gasteiger partial charge >= 0.3 is 0 Å². The third-order valence-electron chi connectivity index (χ3n) is 2.91. The van der Waals surface area contributed by atoms with Crippen molar-refractivity contribution in [2.45, 2.75) is 26.3 Å². The zero-order valence-electron chi connectivity index (χ0n) is 10.7. The van der Waals surface area contributed by atoms with Gasteiger partial charge in [0.2, 0.25) is 0 Å². The van der Waals surface area contributed by atoms with E-state index >= 15 is 0 Å². The van der Waals surface area contributed by atoms with Gasteiger partial charge in [-0.1, -0.05) is 23.7 Å². The fourth-order valence-electron chi connectivity index (χ4n) is 2.02. The molecule has 19 heavy (non-hydrogen) atoms. The second-order valence-electron chi connectivity index (χ2n) is 4.32. The summed E-state index contributed by atoms with van der Waals surface area (Å²) in [4.78, 5) is 5.39. The van der Waals surface area contributed by atoms with Gasteiger partial charge in [-0.2, -0.15) is 0 Å². The lowest BCUT2D eigenvalue weighted by Crippen LogP contribution is -2.29. The Kier molecular flexibility index (Phi) is 4.52. The van der Waals surface area contributed by atoms with Crippen LogP contribution in [0.4, 0.5) is 4.39 Å². The Morgan fingerprint density at radius 3 is 2.79 bits per heavy atom. The summed E-state index contributed by atoms with van der Waals surface area (Å²) in [5.41, 5.74) is 4.19. The lowest BCUT2D eigenvalue weighted by Gasteiger charge is -2.15. The summed E-state index contributed by atoms with van der Waals surface area (Å²) in [5, 5.41) is 1.10. The molecule has 0 radical (unpaired) electrons. The molecule has 6 heteroatoms. The number of hydrogen-bond acceptors (Lipinski definition) is 4. The highest BCUT2D eigenvalue weighted by molar-refractivity contribution is 7.11. The predicted molar refractivity (Wildman–Crippen MR) is 76.8 cm³/mol. The molecular weight excluding hydrogens is 285 g/mol. The van der Waals surface area contributed by atoms with Gasteiger partial charge in [0.25, 0.3) is 0 Å². The van der Waals surface area contributed by atoms with Gasteiger partial charge < -0.3 is 0 Å². The number of aryl methyl sites for hydroxylation is 2. The average Bonchev–Trinajstić information content (AvgIpc) is 2.70. The van der Waals surface area contributed by atoms with E-state index in [-0.39, 0.29) is 16.9 Å². The van der Waals surface area contributed by atoms with Crippen molar-refractivity contribution in [3.8, 4) is 0 Å². The normalized spacial score (nSPS) is 12.7. The molecule has 1 aromatic heterocycles. The van der Waals surface area contributed by atoms with Gasteiger partial charge in [-0.15, -0.1) is 11.3 Å². The molecule has 0 fully saturated rings. The SMILES string of the molecule is Cc1nc(C)c(C(Cc2cccc(Cl)c2F)NN)s1. The Balaban J connectivity index is 2.29. The van der Waals surface area contributed by atoms with E-state index in [1.54, 1.807) is 23.5 Å². The Bertz CT molecular complexity index is 585. The minimum atomic E-state index is -0.386. The molecule has 0 saturated heterocycles. The first-order valence-electron chi connectivity index (χ1n) is 5.86. The van der Waals surface area contributed by atoms with E-state index in [0.717, 1.165) is 15.6 Å². The van der Waals surface area contributed by atoms with Gasteiger partial charge in [-0.3, -0.25) is 11.3 Å². The van der Waals surface area contributed by atoms with Crippen LogP contribution in [0.25, 0.3) is 0 Å². The van der Waals surface area contributed by atoms with Gasteiger partial charge in [0.15, 0.2) is 0 Å². The monoisotopic (exact) mass is 299 g/mol. The molecule has 1 heterocycles. The van der Waals surface area contributed by atoms with Crippen LogP contribution in [-0.2, 0) is 6.42 Å². The maximum Gasteiger partial charge on any atom is 0.145 e. The molecule has 0 bridgehead atoms. The van der Waals surface area contributed by atoms with Crippen LogP contribution in [0.5, 0.6) is 0 Å². The molecule has 2 rings (SSSR count). The molecule has 1 aromatic carbocycles. The minimum absolute atomic E-state index is 0.130. The van der Waals surface area contributed by atoms with E-state index in [9.17, 15) is 4.39 Å². The third-order valence-corrected chi connectivity index (χ3v) is 4.39. The average molecular weight is 300 g/mol. The number of nitrogens with zero attached hydrogens (tertiary/aromatic N) is 1. The number of nitrogens with one attached hydrogen (secondary N) is 1. The van der Waals surface area contributed by atoms with Crippen molar-refractivity contribution in [2.75, 3.05) is 0 Å². The van der Waals surface area contributed by atoms with Crippen LogP contribution in [0.1, 0.15) is 27.2 Å². The second kappa shape index (κ2) is 5.96. The van der Waals surface area contributed by atoms with Gasteiger partial charge in [0.1, 0.15) is 5.82 Å². The van der Waals surface area contributed by atoms with Crippen LogP contribution >= 0.6 is 22.9 Å². The van der Waals surface area contributed by atoms with Crippen LogP contribution in [0.15, 0.2) is 18.2 Å². The lowest BCUT2D eigenvalue weighted by molar-refractivity contribution is 0.533.